The van der Waals surface area contributed by atoms with E-state index in [1.807, 2.05) is 6.07 Å². The Morgan fingerprint density at radius 3 is 2.38 bits per heavy atom. The molecule has 0 aliphatic rings. The van der Waals surface area contributed by atoms with Gasteiger partial charge in [-0.2, -0.15) is 18.4 Å². The molecule has 0 bridgehead atoms. The van der Waals surface area contributed by atoms with E-state index in [9.17, 15) is 13.2 Å². The average Bonchev–Trinajstić information content (AvgIpc) is 2.37. The zero-order valence-corrected chi connectivity index (χ0v) is 12.6. The number of hydrogen-bond donors (Lipinski definition) is 1. The SMILES string of the molecule is N#Cc1ccc(Nc2cc(Cl)cc(C(F)(F)F)c2)cc1Br. The number of hydrogen-bond acceptors (Lipinski definition) is 2. The molecule has 0 aromatic heterocycles. The van der Waals surface area contributed by atoms with Gasteiger partial charge in [0.15, 0.2) is 0 Å². The lowest BCUT2D eigenvalue weighted by molar-refractivity contribution is -0.137. The second-order valence-electron chi connectivity index (χ2n) is 4.16. The fourth-order valence-corrected chi connectivity index (χ4v) is 2.38. The lowest BCUT2D eigenvalue weighted by Crippen LogP contribution is -2.05. The van der Waals surface area contributed by atoms with E-state index >= 15 is 0 Å². The van der Waals surface area contributed by atoms with E-state index in [1.165, 1.54) is 6.07 Å². The topological polar surface area (TPSA) is 35.8 Å². The van der Waals surface area contributed by atoms with Crippen molar-refractivity contribution in [3.63, 3.8) is 0 Å². The van der Waals surface area contributed by atoms with Crippen LogP contribution in [0.5, 0.6) is 0 Å². The summed E-state index contributed by atoms with van der Waals surface area (Å²) in [5.74, 6) is 0. The standard InChI is InChI=1S/C14H7BrClF3N2/c15-13-6-11(2-1-8(13)7-20)21-12-4-9(14(17,18)19)3-10(16)5-12/h1-6,21H. The molecule has 108 valence electrons. The van der Waals surface area contributed by atoms with Crippen LogP contribution < -0.4 is 5.32 Å². The maximum absolute atomic E-state index is 12.7. The van der Waals surface area contributed by atoms with Crippen LogP contribution in [0.25, 0.3) is 0 Å². The van der Waals surface area contributed by atoms with Crippen LogP contribution >= 0.6 is 27.5 Å². The third-order valence-corrected chi connectivity index (χ3v) is 3.48. The van der Waals surface area contributed by atoms with Crippen molar-refractivity contribution in [2.24, 2.45) is 0 Å². The van der Waals surface area contributed by atoms with Gasteiger partial charge in [0.25, 0.3) is 0 Å². The van der Waals surface area contributed by atoms with Crippen molar-refractivity contribution < 1.29 is 13.2 Å². The van der Waals surface area contributed by atoms with Crippen molar-refractivity contribution in [1.82, 2.24) is 0 Å². The summed E-state index contributed by atoms with van der Waals surface area (Å²) in [5.41, 5.74) is 0.357. The van der Waals surface area contributed by atoms with Gasteiger partial charge in [0.05, 0.1) is 11.1 Å². The normalized spacial score (nSPS) is 11.0. The molecule has 21 heavy (non-hydrogen) atoms. The Labute approximate surface area is 132 Å². The first kappa shape index (κ1) is 15.7. The molecule has 2 aromatic carbocycles. The van der Waals surface area contributed by atoms with Crippen molar-refractivity contribution in [1.29, 1.82) is 5.26 Å². The fraction of sp³-hybridized carbons (Fsp3) is 0.0714. The summed E-state index contributed by atoms with van der Waals surface area (Å²) >= 11 is 8.92. The number of nitriles is 1. The minimum atomic E-state index is -4.47. The van der Waals surface area contributed by atoms with Crippen LogP contribution in [0.1, 0.15) is 11.1 Å². The molecule has 2 rings (SSSR count). The van der Waals surface area contributed by atoms with Crippen LogP contribution in [0.3, 0.4) is 0 Å². The molecule has 0 unspecified atom stereocenters. The molecule has 0 amide bonds. The van der Waals surface area contributed by atoms with Crippen LogP contribution in [0.4, 0.5) is 24.5 Å². The smallest absolute Gasteiger partial charge is 0.355 e. The van der Waals surface area contributed by atoms with E-state index in [4.69, 9.17) is 16.9 Å². The predicted molar refractivity (Wildman–Crippen MR) is 78.6 cm³/mol. The first-order chi connectivity index (χ1) is 9.79. The first-order valence-corrected chi connectivity index (χ1v) is 6.81. The van der Waals surface area contributed by atoms with Gasteiger partial charge in [-0.15, -0.1) is 0 Å². The molecular weight excluding hydrogens is 369 g/mol. The van der Waals surface area contributed by atoms with Gasteiger partial charge in [-0.25, -0.2) is 0 Å². The van der Waals surface area contributed by atoms with Gasteiger partial charge in [0, 0.05) is 20.9 Å². The molecule has 0 saturated carbocycles. The zero-order valence-electron chi connectivity index (χ0n) is 10.3. The second-order valence-corrected chi connectivity index (χ2v) is 5.45. The Morgan fingerprint density at radius 1 is 1.10 bits per heavy atom. The molecule has 2 aromatic rings. The summed E-state index contributed by atoms with van der Waals surface area (Å²) in [6.07, 6.45) is -4.47. The number of alkyl halides is 3. The largest absolute Gasteiger partial charge is 0.416 e. The number of anilines is 2. The quantitative estimate of drug-likeness (QED) is 0.727. The monoisotopic (exact) mass is 374 g/mol. The number of benzene rings is 2. The summed E-state index contributed by atoms with van der Waals surface area (Å²) in [6, 6.07) is 9.96. The Morgan fingerprint density at radius 2 is 1.81 bits per heavy atom. The Bertz CT molecular complexity index is 723. The van der Waals surface area contributed by atoms with Crippen molar-refractivity contribution in [3.05, 3.63) is 57.0 Å². The molecule has 7 heteroatoms. The van der Waals surface area contributed by atoms with Crippen LogP contribution in [0.2, 0.25) is 5.02 Å². The highest BCUT2D eigenvalue weighted by Gasteiger charge is 2.31. The molecule has 0 aliphatic heterocycles. The van der Waals surface area contributed by atoms with Gasteiger partial charge < -0.3 is 5.32 Å². The van der Waals surface area contributed by atoms with Gasteiger partial charge in [-0.3, -0.25) is 0 Å². The van der Waals surface area contributed by atoms with Gasteiger partial charge >= 0.3 is 6.18 Å². The first-order valence-electron chi connectivity index (χ1n) is 5.64. The molecule has 0 aliphatic carbocycles. The van der Waals surface area contributed by atoms with E-state index in [0.29, 0.717) is 15.7 Å². The zero-order chi connectivity index (χ0) is 15.6. The predicted octanol–water partition coefficient (Wildman–Crippen LogP) is 5.74. The van der Waals surface area contributed by atoms with Crippen LogP contribution in [0, 0.1) is 11.3 Å². The van der Waals surface area contributed by atoms with E-state index in [2.05, 4.69) is 21.2 Å². The highest BCUT2D eigenvalue weighted by atomic mass is 79.9. The molecule has 0 saturated heterocycles. The number of nitrogens with one attached hydrogen (secondary N) is 1. The van der Waals surface area contributed by atoms with Crippen molar-refractivity contribution in [3.8, 4) is 6.07 Å². The van der Waals surface area contributed by atoms with Gasteiger partial charge in [-0.1, -0.05) is 11.6 Å². The lowest BCUT2D eigenvalue weighted by Gasteiger charge is -2.12. The average molecular weight is 376 g/mol. The van der Waals surface area contributed by atoms with Crippen LogP contribution in [0.15, 0.2) is 40.9 Å². The number of nitrogens with zero attached hydrogens (tertiary/aromatic N) is 1. The lowest BCUT2D eigenvalue weighted by atomic mass is 10.1. The Hall–Kier alpha value is -1.71. The van der Waals surface area contributed by atoms with Crippen molar-refractivity contribution in [2.45, 2.75) is 6.18 Å². The molecule has 0 atom stereocenters. The Kier molecular flexibility index (Phi) is 4.45. The van der Waals surface area contributed by atoms with E-state index in [1.54, 1.807) is 18.2 Å². The maximum atomic E-state index is 12.7. The summed E-state index contributed by atoms with van der Waals surface area (Å²) < 4.78 is 38.7. The van der Waals surface area contributed by atoms with E-state index in [0.717, 1.165) is 12.1 Å². The number of rotatable bonds is 2. The molecule has 0 radical (unpaired) electrons. The third kappa shape index (κ3) is 3.90. The third-order valence-electron chi connectivity index (χ3n) is 2.60. The second kappa shape index (κ2) is 5.96. The van der Waals surface area contributed by atoms with Gasteiger partial charge in [-0.05, 0) is 52.3 Å². The Balaban J connectivity index is 2.34. The molecule has 0 heterocycles. The van der Waals surface area contributed by atoms with Crippen LogP contribution in [-0.2, 0) is 6.18 Å². The van der Waals surface area contributed by atoms with Crippen molar-refractivity contribution >= 4 is 38.9 Å². The highest BCUT2D eigenvalue weighted by Crippen LogP contribution is 2.34. The van der Waals surface area contributed by atoms with Gasteiger partial charge in [0.1, 0.15) is 6.07 Å². The summed E-state index contributed by atoms with van der Waals surface area (Å²) in [4.78, 5) is 0. The van der Waals surface area contributed by atoms with Crippen molar-refractivity contribution in [2.75, 3.05) is 5.32 Å². The van der Waals surface area contributed by atoms with Crippen LogP contribution in [-0.4, -0.2) is 0 Å². The maximum Gasteiger partial charge on any atom is 0.416 e. The molecule has 1 N–H and O–H groups in total. The summed E-state index contributed by atoms with van der Waals surface area (Å²) in [7, 11) is 0. The summed E-state index contributed by atoms with van der Waals surface area (Å²) in [6.45, 7) is 0. The number of halogens is 5. The minimum absolute atomic E-state index is 0.0139. The summed E-state index contributed by atoms with van der Waals surface area (Å²) in [5, 5.41) is 11.6. The highest BCUT2D eigenvalue weighted by molar-refractivity contribution is 9.10. The minimum Gasteiger partial charge on any atom is -0.355 e. The fourth-order valence-electron chi connectivity index (χ4n) is 1.68. The molecule has 2 nitrogen and oxygen atoms in total. The van der Waals surface area contributed by atoms with Gasteiger partial charge in [0.2, 0.25) is 0 Å². The molecule has 0 spiro atoms. The molecular formula is C14H7BrClF3N2. The molecule has 0 fully saturated rings. The van der Waals surface area contributed by atoms with E-state index < -0.39 is 11.7 Å². The van der Waals surface area contributed by atoms with E-state index in [-0.39, 0.29) is 10.7 Å².